The largest absolute Gasteiger partial charge is 0.309 e. The maximum absolute atomic E-state index is 2.47. The molecule has 0 atom stereocenters. The molecule has 12 rings (SSSR count). The molecule has 0 saturated carbocycles. The average Bonchev–Trinajstić information content (AvgIpc) is 3.82. The molecular weight excluding hydrogens is 849 g/mol. The molecule has 0 amide bonds. The van der Waals surface area contributed by atoms with Crippen LogP contribution in [0.25, 0.3) is 43.8 Å². The lowest BCUT2D eigenvalue weighted by Crippen LogP contribution is -2.26. The number of rotatable bonds is 8. The Morgan fingerprint density at radius 3 is 1.10 bits per heavy atom. The molecular formula is C63H54N2S2. The molecule has 0 bridgehead atoms. The monoisotopic (exact) mass is 902 g/mol. The van der Waals surface area contributed by atoms with E-state index in [2.05, 4.69) is 266 Å². The zero-order chi connectivity index (χ0) is 45.7. The Balaban J connectivity index is 1.11. The summed E-state index contributed by atoms with van der Waals surface area (Å²) < 4.78 is 0. The number of para-hydroxylation sites is 4. The first-order valence-electron chi connectivity index (χ1n) is 23.1. The zero-order valence-electron chi connectivity index (χ0n) is 39.0. The molecule has 328 valence electrons. The molecule has 0 heterocycles. The standard InChI is InChI=1S/C63H54N2S2/c1-66(2,3)59-31-19-17-29-57(59)64(45-21-9-7-10-22-45)47-35-39-49-43(41-47)33-37-53-54-38-34-44-42-48(65(46-23-11-8-12-24-46)58-30-18-20-32-60(58)67(4,5)6)36-40-50(44)62(54)63(61(49)53)55-27-15-13-25-51(55)52-26-14-16-28-56(52)63/h7-42H,1-6H3. The normalized spacial score (nSPS) is 13.8. The van der Waals surface area contributed by atoms with Gasteiger partial charge in [-0.15, -0.1) is 0 Å². The summed E-state index contributed by atoms with van der Waals surface area (Å²) in [5, 5.41) is 5.04. The van der Waals surface area contributed by atoms with Crippen molar-refractivity contribution in [3.8, 4) is 22.3 Å². The number of anilines is 6. The van der Waals surface area contributed by atoms with Crippen molar-refractivity contribution in [3.63, 3.8) is 0 Å². The highest BCUT2D eigenvalue weighted by Crippen LogP contribution is 2.66. The van der Waals surface area contributed by atoms with Gasteiger partial charge in [-0.25, -0.2) is 20.1 Å². The molecule has 4 heteroatoms. The van der Waals surface area contributed by atoms with Crippen LogP contribution < -0.4 is 9.80 Å². The van der Waals surface area contributed by atoms with E-state index in [0.29, 0.717) is 0 Å². The quantitative estimate of drug-likeness (QED) is 0.150. The molecule has 0 aromatic heterocycles. The summed E-state index contributed by atoms with van der Waals surface area (Å²) in [5.41, 5.74) is 17.2. The Hall–Kier alpha value is -6.98. The van der Waals surface area contributed by atoms with Crippen LogP contribution in [-0.4, -0.2) is 37.5 Å². The summed E-state index contributed by atoms with van der Waals surface area (Å²) in [5.74, 6) is 0. The second-order valence-corrected chi connectivity index (χ2v) is 27.8. The van der Waals surface area contributed by atoms with E-state index in [9.17, 15) is 0 Å². The zero-order valence-corrected chi connectivity index (χ0v) is 40.6. The van der Waals surface area contributed by atoms with Gasteiger partial charge in [-0.3, -0.25) is 0 Å². The Morgan fingerprint density at radius 1 is 0.313 bits per heavy atom. The lowest BCUT2D eigenvalue weighted by atomic mass is 9.68. The fourth-order valence-electron chi connectivity index (χ4n) is 11.4. The average molecular weight is 903 g/mol. The molecule has 0 aliphatic heterocycles. The predicted octanol–water partition coefficient (Wildman–Crippen LogP) is 17.4. The van der Waals surface area contributed by atoms with Crippen LogP contribution in [0.2, 0.25) is 0 Å². The van der Waals surface area contributed by atoms with E-state index >= 15 is 0 Å². The highest BCUT2D eigenvalue weighted by atomic mass is 32.3. The first-order valence-corrected chi connectivity index (χ1v) is 28.8. The number of benzene rings is 10. The van der Waals surface area contributed by atoms with Crippen LogP contribution in [0.5, 0.6) is 0 Å². The lowest BCUT2D eigenvalue weighted by molar-refractivity contribution is 0.809. The van der Waals surface area contributed by atoms with Crippen molar-refractivity contribution in [2.75, 3.05) is 47.3 Å². The first kappa shape index (κ1) is 41.5. The van der Waals surface area contributed by atoms with E-state index < -0.39 is 25.5 Å². The van der Waals surface area contributed by atoms with E-state index in [1.165, 1.54) is 87.2 Å². The molecule has 0 saturated heterocycles. The van der Waals surface area contributed by atoms with Crippen LogP contribution in [-0.2, 0) is 5.41 Å². The van der Waals surface area contributed by atoms with Gasteiger partial charge in [0.15, 0.2) is 0 Å². The Morgan fingerprint density at radius 2 is 0.687 bits per heavy atom. The highest BCUT2D eigenvalue weighted by Gasteiger charge is 2.53. The van der Waals surface area contributed by atoms with E-state index in [1.54, 1.807) is 0 Å². The van der Waals surface area contributed by atoms with Gasteiger partial charge in [-0.2, -0.15) is 0 Å². The molecule has 0 N–H and O–H groups in total. The molecule has 0 fully saturated rings. The molecule has 2 aliphatic rings. The third kappa shape index (κ3) is 6.41. The highest BCUT2D eigenvalue weighted by molar-refractivity contribution is 8.32. The molecule has 10 aromatic carbocycles. The van der Waals surface area contributed by atoms with E-state index in [0.717, 1.165) is 22.7 Å². The van der Waals surface area contributed by atoms with Gasteiger partial charge in [0.05, 0.1) is 16.8 Å². The maximum Gasteiger partial charge on any atom is 0.0737 e. The molecule has 2 nitrogen and oxygen atoms in total. The molecule has 10 aromatic rings. The van der Waals surface area contributed by atoms with Crippen molar-refractivity contribution in [1.82, 2.24) is 0 Å². The van der Waals surface area contributed by atoms with Crippen LogP contribution in [0.3, 0.4) is 0 Å². The second-order valence-electron chi connectivity index (χ2n) is 19.6. The fourth-order valence-corrected chi connectivity index (χ4v) is 13.9. The molecule has 67 heavy (non-hydrogen) atoms. The minimum atomic E-state index is -1.05. The number of hydrogen-bond donors (Lipinski definition) is 0. The van der Waals surface area contributed by atoms with Crippen molar-refractivity contribution in [1.29, 1.82) is 0 Å². The summed E-state index contributed by atoms with van der Waals surface area (Å²) in [6.07, 6.45) is 14.4. The Labute approximate surface area is 398 Å². The molecule has 2 aliphatic carbocycles. The van der Waals surface area contributed by atoms with Gasteiger partial charge >= 0.3 is 0 Å². The number of hydrogen-bond acceptors (Lipinski definition) is 2. The van der Waals surface area contributed by atoms with Crippen LogP contribution in [0.1, 0.15) is 22.3 Å². The van der Waals surface area contributed by atoms with Crippen molar-refractivity contribution in [3.05, 3.63) is 241 Å². The first-order chi connectivity index (χ1) is 32.5. The van der Waals surface area contributed by atoms with Gasteiger partial charge in [0.1, 0.15) is 0 Å². The number of fused-ring (bicyclic) bond motifs is 14. The topological polar surface area (TPSA) is 6.48 Å². The molecule has 0 radical (unpaired) electrons. The van der Waals surface area contributed by atoms with Crippen LogP contribution in [0.4, 0.5) is 34.1 Å². The summed E-state index contributed by atoms with van der Waals surface area (Å²) in [7, 11) is -2.11. The summed E-state index contributed by atoms with van der Waals surface area (Å²) in [6.45, 7) is 0. The third-order valence-corrected chi connectivity index (χ3v) is 17.4. The van der Waals surface area contributed by atoms with E-state index in [1.807, 2.05) is 0 Å². The summed E-state index contributed by atoms with van der Waals surface area (Å²) in [6, 6.07) is 82.2. The Bertz CT molecular complexity index is 3330. The van der Waals surface area contributed by atoms with Crippen molar-refractivity contribution < 1.29 is 0 Å². The van der Waals surface area contributed by atoms with E-state index in [-0.39, 0.29) is 0 Å². The SMILES string of the molecule is CS(C)(C)c1ccccc1N(c1ccccc1)c1ccc2c3c(ccc2c1)-c1ccc2cc(N(c4ccccc4)c4ccccc4S(C)(C)C)ccc2c1C31c2ccccc2-c2ccccc21. The van der Waals surface area contributed by atoms with Crippen LogP contribution in [0.15, 0.2) is 228 Å². The van der Waals surface area contributed by atoms with Crippen molar-refractivity contribution in [2.24, 2.45) is 0 Å². The van der Waals surface area contributed by atoms with Crippen LogP contribution in [0, 0.1) is 0 Å². The third-order valence-electron chi connectivity index (χ3n) is 14.1. The van der Waals surface area contributed by atoms with Gasteiger partial charge in [0.25, 0.3) is 0 Å². The maximum atomic E-state index is 2.47. The fraction of sp³-hybridized carbons (Fsp3) is 0.111. The number of nitrogens with zero attached hydrogens (tertiary/aromatic N) is 2. The molecule has 1 spiro atoms. The second kappa shape index (κ2) is 15.6. The minimum absolute atomic E-state index is 0.539. The van der Waals surface area contributed by atoms with Gasteiger partial charge < -0.3 is 9.80 Å². The van der Waals surface area contributed by atoms with Gasteiger partial charge in [0, 0.05) is 32.5 Å². The van der Waals surface area contributed by atoms with Gasteiger partial charge in [0.2, 0.25) is 0 Å². The van der Waals surface area contributed by atoms with Crippen molar-refractivity contribution >= 4 is 75.7 Å². The van der Waals surface area contributed by atoms with E-state index in [4.69, 9.17) is 0 Å². The van der Waals surface area contributed by atoms with Gasteiger partial charge in [-0.1, -0.05) is 146 Å². The Kier molecular flexibility index (Phi) is 9.62. The van der Waals surface area contributed by atoms with Crippen LogP contribution >= 0.6 is 20.1 Å². The summed E-state index contributed by atoms with van der Waals surface area (Å²) >= 11 is 0. The molecule has 0 unspecified atom stereocenters. The van der Waals surface area contributed by atoms with Gasteiger partial charge in [-0.05, 0) is 176 Å². The smallest absolute Gasteiger partial charge is 0.0737 e. The predicted molar refractivity (Wildman–Crippen MR) is 294 cm³/mol. The minimum Gasteiger partial charge on any atom is -0.309 e. The summed E-state index contributed by atoms with van der Waals surface area (Å²) in [4.78, 5) is 7.72. The lowest BCUT2D eigenvalue weighted by Gasteiger charge is -2.35. The van der Waals surface area contributed by atoms with Crippen molar-refractivity contribution in [2.45, 2.75) is 15.2 Å².